The maximum absolute atomic E-state index is 16.2. The zero-order valence-electron chi connectivity index (χ0n) is 66.2. The number of likely N-dealkylation sites (N-methyl/N-ethyl adjacent to an activating group) is 7. The lowest BCUT2D eigenvalue weighted by Gasteiger charge is -2.48. The van der Waals surface area contributed by atoms with Crippen LogP contribution < -0.4 is 16.0 Å². The Kier molecular flexibility index (Phi) is 35.0. The molecule has 0 spiro atoms. The van der Waals surface area contributed by atoms with Crippen molar-refractivity contribution in [3.05, 3.63) is 48.0 Å². The van der Waals surface area contributed by atoms with Gasteiger partial charge in [-0.1, -0.05) is 139 Å². The molecule has 13 atom stereocenters. The van der Waals surface area contributed by atoms with Gasteiger partial charge in [-0.15, -0.1) is 11.8 Å². The molecular formula is C76H130N12O12S. The monoisotopic (exact) mass is 1430 g/mol. The highest BCUT2D eigenvalue weighted by molar-refractivity contribution is 8.00. The molecule has 0 radical (unpaired) electrons. The van der Waals surface area contributed by atoms with Crippen LogP contribution in [0.3, 0.4) is 0 Å². The zero-order chi connectivity index (χ0) is 77.2. The molecule has 1 aliphatic carbocycles. The predicted octanol–water partition coefficient (Wildman–Crippen LogP) is 6.73. The topological polar surface area (TPSA) is 273 Å². The van der Waals surface area contributed by atoms with Gasteiger partial charge in [0, 0.05) is 67.2 Å². The first-order chi connectivity index (χ1) is 47.0. The lowest BCUT2D eigenvalue weighted by molar-refractivity contribution is -0.157. The van der Waals surface area contributed by atoms with Crippen LogP contribution in [0.4, 0.5) is 0 Å². The van der Waals surface area contributed by atoms with Gasteiger partial charge < -0.3 is 65.2 Å². The molecule has 2 aliphatic rings. The highest BCUT2D eigenvalue weighted by Crippen LogP contribution is 2.41. The van der Waals surface area contributed by atoms with Gasteiger partial charge in [0.05, 0.1) is 6.10 Å². The first-order valence-corrected chi connectivity index (χ1v) is 37.7. The number of thioether (sulfide) groups is 1. The van der Waals surface area contributed by atoms with Crippen LogP contribution in [-0.4, -0.2) is 261 Å². The summed E-state index contributed by atoms with van der Waals surface area (Å²) < 4.78 is 0. The molecule has 1 heterocycles. The number of hydrogen-bond acceptors (Lipinski definition) is 14. The Morgan fingerprint density at radius 1 is 0.515 bits per heavy atom. The number of nitrogens with one attached hydrogen (secondary N) is 3. The van der Waals surface area contributed by atoms with Gasteiger partial charge in [0.1, 0.15) is 60.4 Å². The molecule has 101 heavy (non-hydrogen) atoms. The van der Waals surface area contributed by atoms with Gasteiger partial charge in [0.15, 0.2) is 5.37 Å². The third kappa shape index (κ3) is 23.2. The minimum Gasteiger partial charge on any atom is -0.390 e. The van der Waals surface area contributed by atoms with Crippen LogP contribution in [0.2, 0.25) is 0 Å². The summed E-state index contributed by atoms with van der Waals surface area (Å²) in [6.07, 6.45) is 5.53. The summed E-state index contributed by atoms with van der Waals surface area (Å²) in [7, 11) is 14.2. The number of benzene rings is 1. The van der Waals surface area contributed by atoms with Crippen LogP contribution in [0.5, 0.6) is 0 Å². The molecule has 11 amide bonds. The summed E-state index contributed by atoms with van der Waals surface area (Å²) in [5, 5.41) is 19.6. The number of amides is 11. The van der Waals surface area contributed by atoms with E-state index in [1.165, 1.54) is 109 Å². The fourth-order valence-corrected chi connectivity index (χ4v) is 15.4. The number of carbonyl (C=O) groups excluding carboxylic acids is 11. The highest BCUT2D eigenvalue weighted by atomic mass is 32.2. The molecule has 0 aromatic heterocycles. The van der Waals surface area contributed by atoms with Crippen LogP contribution in [0.15, 0.2) is 42.5 Å². The highest BCUT2D eigenvalue weighted by Gasteiger charge is 2.49. The lowest BCUT2D eigenvalue weighted by Crippen LogP contribution is -2.64. The Hall–Kier alpha value is -6.60. The predicted molar refractivity (Wildman–Crippen MR) is 399 cm³/mol. The molecule has 1 aromatic carbocycles. The molecule has 4 N–H and O–H groups in total. The second kappa shape index (κ2) is 39.9. The summed E-state index contributed by atoms with van der Waals surface area (Å²) in [6, 6.07) is -3.59. The van der Waals surface area contributed by atoms with E-state index in [4.69, 9.17) is 0 Å². The minimum absolute atomic E-state index is 0.00139. The van der Waals surface area contributed by atoms with E-state index >= 15 is 38.4 Å². The van der Waals surface area contributed by atoms with E-state index in [0.29, 0.717) is 17.7 Å². The Bertz CT molecular complexity index is 2980. The molecule has 1 saturated heterocycles. The molecule has 0 bridgehead atoms. The lowest BCUT2D eigenvalue weighted by atomic mass is 9.77. The number of hydrogen-bond donors (Lipinski definition) is 4. The zero-order valence-corrected chi connectivity index (χ0v) is 67.0. The Morgan fingerprint density at radius 3 is 1.41 bits per heavy atom. The number of allylic oxidation sites excluding steroid dienone is 2. The van der Waals surface area contributed by atoms with E-state index < -0.39 is 155 Å². The normalized spacial score (nSPS) is 26.6. The molecule has 572 valence electrons. The van der Waals surface area contributed by atoms with Crippen molar-refractivity contribution in [3.8, 4) is 0 Å². The molecular weight excluding hydrogens is 1300 g/mol. The number of carbonyl (C=O) groups is 11. The molecule has 1 aliphatic heterocycles. The number of aliphatic hydroxyl groups is 1. The molecule has 0 unspecified atom stereocenters. The van der Waals surface area contributed by atoms with Crippen molar-refractivity contribution < 1.29 is 57.8 Å². The first kappa shape index (κ1) is 88.6. The van der Waals surface area contributed by atoms with Crippen molar-refractivity contribution in [1.29, 1.82) is 0 Å². The maximum Gasteiger partial charge on any atom is 0.256 e. The summed E-state index contributed by atoms with van der Waals surface area (Å²) in [6.45, 7) is 30.3. The van der Waals surface area contributed by atoms with Gasteiger partial charge in [-0.25, -0.2) is 0 Å². The van der Waals surface area contributed by atoms with E-state index in [-0.39, 0.29) is 67.9 Å². The maximum atomic E-state index is 16.2. The summed E-state index contributed by atoms with van der Waals surface area (Å²) >= 11 is 1.25. The standard InChI is InChI=1S/C76H130N12O12S/c1-27-29-34-51(15)63(89)62-66(92)79-55(28-2)68(94)87(26)75(101-44-76(80(18)19)37-33-38-76)74(100)84(23)59(42-48(9)10)71(97)88(43-54-35-31-30-32-36-54)61(50(13)14)73(99)81(20)56(39-45(3)4)65(91)77-52(16)64(90)78-53(17)67(93)82(21)57(40-46(5)6)69(95)83(22)58(41-47(7)8)70(96)85(24)60(49(11)12)72(98)86(62)25/h27,29-32,35-36,45-53,55-63,75,89H,28,33-34,37-44H2,1-26H3,(H,77,91)(H,78,90)(H,79,92)/b29-27+/t51-,52+,53-,55+,56+,57+,58+,59+,60+,61+,62+,63-,75-/m1/s1. The molecule has 2 fully saturated rings. The van der Waals surface area contributed by atoms with Crippen molar-refractivity contribution in [2.75, 3.05) is 69.2 Å². The first-order valence-electron chi connectivity index (χ1n) is 36.7. The fourth-order valence-electron chi connectivity index (χ4n) is 13.7. The van der Waals surface area contributed by atoms with Crippen LogP contribution in [-0.2, 0) is 59.3 Å². The van der Waals surface area contributed by atoms with Gasteiger partial charge in [-0.2, -0.15) is 0 Å². The van der Waals surface area contributed by atoms with Gasteiger partial charge in [-0.05, 0) is 140 Å². The van der Waals surface area contributed by atoms with Crippen LogP contribution in [0, 0.1) is 41.4 Å². The smallest absolute Gasteiger partial charge is 0.256 e. The molecule has 24 nitrogen and oxygen atoms in total. The Morgan fingerprint density at radius 2 is 0.950 bits per heavy atom. The second-order valence-corrected chi connectivity index (χ2v) is 32.4. The average molecular weight is 1440 g/mol. The van der Waals surface area contributed by atoms with Gasteiger partial charge >= 0.3 is 0 Å². The van der Waals surface area contributed by atoms with E-state index in [1.54, 1.807) is 47.6 Å². The molecule has 3 rings (SSSR count). The Labute approximate surface area is 609 Å². The summed E-state index contributed by atoms with van der Waals surface area (Å²) in [4.78, 5) is 181. The van der Waals surface area contributed by atoms with Gasteiger partial charge in [-0.3, -0.25) is 52.7 Å². The molecule has 1 saturated carbocycles. The minimum atomic E-state index is -1.65. The van der Waals surface area contributed by atoms with Crippen molar-refractivity contribution in [1.82, 2.24) is 60.0 Å². The van der Waals surface area contributed by atoms with Crippen LogP contribution >= 0.6 is 11.8 Å². The summed E-state index contributed by atoms with van der Waals surface area (Å²) in [5.41, 5.74) is 0.341. The number of nitrogens with zero attached hydrogens (tertiary/aromatic N) is 9. The van der Waals surface area contributed by atoms with Crippen molar-refractivity contribution >= 4 is 76.7 Å². The number of aliphatic hydroxyl groups excluding tert-OH is 1. The van der Waals surface area contributed by atoms with E-state index in [9.17, 15) is 19.5 Å². The largest absolute Gasteiger partial charge is 0.390 e. The molecule has 1 aromatic rings. The van der Waals surface area contributed by atoms with Gasteiger partial charge in [0.25, 0.3) is 5.91 Å². The fraction of sp³-hybridized carbons (Fsp3) is 0.750. The third-order valence-corrected chi connectivity index (χ3v) is 21.9. The third-order valence-electron chi connectivity index (χ3n) is 20.4. The van der Waals surface area contributed by atoms with Crippen LogP contribution in [0.1, 0.15) is 181 Å². The number of rotatable bonds is 21. The SMILES string of the molecule is C/C=C/C[C@@H](C)[C@@H](O)[C@H]1C(=O)N[C@@H](CC)C(=O)N(C)[C@H](SCC2(N(C)C)CCC2)C(=O)N(C)[C@@H](CC(C)C)C(=O)N(Cc2ccccc2)[C@@H](C(C)C)C(=O)N(C)[C@@H](CC(C)C)C(=O)N[C@@H](C)C(=O)N[C@H](C)C(=O)N(C)[C@@H](CC(C)C)C(=O)N(C)[C@@H](CC(C)C)C(=O)N(C)[C@@H](C(C)C)C(=O)N1C. The van der Waals surface area contributed by atoms with Crippen molar-refractivity contribution in [2.45, 2.75) is 259 Å². The van der Waals surface area contributed by atoms with E-state index in [0.717, 1.165) is 24.2 Å². The van der Waals surface area contributed by atoms with E-state index in [1.807, 2.05) is 113 Å². The van der Waals surface area contributed by atoms with Gasteiger partial charge in [0.2, 0.25) is 59.1 Å². The van der Waals surface area contributed by atoms with E-state index in [2.05, 4.69) is 20.9 Å². The van der Waals surface area contributed by atoms with Crippen LogP contribution in [0.25, 0.3) is 0 Å². The summed E-state index contributed by atoms with van der Waals surface area (Å²) in [5.74, 6) is -9.36. The molecule has 25 heteroatoms. The van der Waals surface area contributed by atoms with Crippen molar-refractivity contribution in [3.63, 3.8) is 0 Å². The second-order valence-electron chi connectivity index (χ2n) is 31.3. The van der Waals surface area contributed by atoms with Crippen molar-refractivity contribution in [2.24, 2.45) is 41.4 Å². The Balaban J connectivity index is 2.53. The quantitative estimate of drug-likeness (QED) is 0.0931. The average Bonchev–Trinajstić information content (AvgIpc) is 0.805.